The van der Waals surface area contributed by atoms with Crippen molar-refractivity contribution in [2.45, 2.75) is 199 Å². The monoisotopic (exact) mass is 754 g/mol. The van der Waals surface area contributed by atoms with E-state index in [0.29, 0.717) is 0 Å². The lowest BCUT2D eigenvalue weighted by Crippen LogP contribution is -2.30. The molecule has 0 aliphatic carbocycles. The van der Waals surface area contributed by atoms with E-state index in [-0.39, 0.29) is 53.3 Å². The summed E-state index contributed by atoms with van der Waals surface area (Å²) in [7, 11) is -3.47. The van der Waals surface area contributed by atoms with Gasteiger partial charge in [-0.2, -0.15) is 13.2 Å². The molecule has 0 aliphatic heterocycles. The maximum absolute atomic E-state index is 15.1. The average Bonchev–Trinajstić information content (AvgIpc) is 3.04. The van der Waals surface area contributed by atoms with E-state index in [1.54, 1.807) is 0 Å². The molecular formula is C47H69F3O2S. The van der Waals surface area contributed by atoms with E-state index in [4.69, 9.17) is 4.18 Å². The molecule has 0 spiro atoms. The van der Waals surface area contributed by atoms with Crippen molar-refractivity contribution in [2.24, 2.45) is 0 Å². The molecule has 0 fully saturated rings. The molecular weight excluding hydrogens is 686 g/mol. The van der Waals surface area contributed by atoms with Gasteiger partial charge in [-0.3, -0.25) is 0 Å². The Kier molecular flexibility index (Phi) is 14.3. The molecule has 2 nitrogen and oxygen atoms in total. The number of carbonyl (C=O) groups excluding carboxylic acids is 1. The Labute approximate surface area is 322 Å². The van der Waals surface area contributed by atoms with Gasteiger partial charge in [0.1, 0.15) is 0 Å². The highest BCUT2D eigenvalue weighted by Crippen LogP contribution is 2.77. The molecule has 0 unspecified atom stereocenters. The van der Waals surface area contributed by atoms with Gasteiger partial charge in [0.15, 0.2) is 0 Å². The summed E-state index contributed by atoms with van der Waals surface area (Å²) in [5.41, 5.74) is 9.05. The second-order valence-electron chi connectivity index (χ2n) is 17.9. The zero-order valence-corrected chi connectivity index (χ0v) is 36.8. The molecule has 0 N–H and O–H groups in total. The third kappa shape index (κ3) is 9.05. The molecule has 6 heteroatoms. The smallest absolute Gasteiger partial charge is 0.395 e. The van der Waals surface area contributed by atoms with Gasteiger partial charge >= 0.3 is 12.1 Å². The predicted octanol–water partition coefficient (Wildman–Crippen LogP) is 16.1. The van der Waals surface area contributed by atoms with Crippen LogP contribution < -0.4 is 0 Å². The van der Waals surface area contributed by atoms with Crippen LogP contribution in [0.3, 0.4) is 0 Å². The van der Waals surface area contributed by atoms with E-state index >= 15 is 13.2 Å². The zero-order valence-electron chi connectivity index (χ0n) is 36.0. The van der Waals surface area contributed by atoms with E-state index in [9.17, 15) is 4.79 Å². The van der Waals surface area contributed by atoms with Gasteiger partial charge in [0, 0.05) is 14.7 Å². The summed E-state index contributed by atoms with van der Waals surface area (Å²) in [6, 6.07) is 13.2. The van der Waals surface area contributed by atoms with Crippen LogP contribution in [0, 0.1) is 0 Å². The van der Waals surface area contributed by atoms with Crippen molar-refractivity contribution in [3.05, 3.63) is 86.5 Å². The zero-order chi connectivity index (χ0) is 40.7. The molecule has 0 heterocycles. The minimum Gasteiger partial charge on any atom is -0.395 e. The number of halogens is 3. The molecule has 0 amide bonds. The molecule has 0 bridgehead atoms. The predicted molar refractivity (Wildman–Crippen MR) is 221 cm³/mol. The summed E-state index contributed by atoms with van der Waals surface area (Å²) >= 11 is 0. The number of carbonyl (C=O) groups is 1. The quantitative estimate of drug-likeness (QED) is 0.174. The van der Waals surface area contributed by atoms with Crippen LogP contribution in [0.15, 0.2) is 51.1 Å². The highest BCUT2D eigenvalue weighted by atomic mass is 32.3. The van der Waals surface area contributed by atoms with Crippen LogP contribution in [0.1, 0.15) is 228 Å². The molecule has 0 aliphatic rings. The van der Waals surface area contributed by atoms with Gasteiger partial charge in [-0.1, -0.05) is 161 Å². The van der Waals surface area contributed by atoms with Gasteiger partial charge in [-0.25, -0.2) is 4.79 Å². The van der Waals surface area contributed by atoms with Crippen LogP contribution in [0.2, 0.25) is 0 Å². The largest absolute Gasteiger partial charge is 0.491 e. The molecule has 0 aromatic heterocycles. The van der Waals surface area contributed by atoms with Gasteiger partial charge in [0.25, 0.3) is 0 Å². The molecule has 0 radical (unpaired) electrons. The van der Waals surface area contributed by atoms with Crippen LogP contribution >= 0.6 is 10.3 Å². The van der Waals surface area contributed by atoms with Crippen molar-refractivity contribution in [1.29, 1.82) is 0 Å². The summed E-state index contributed by atoms with van der Waals surface area (Å²) in [5.74, 6) is -2.01. The summed E-state index contributed by atoms with van der Waals surface area (Å²) in [5, 5.41) is 0. The lowest BCUT2D eigenvalue weighted by atomic mass is 9.89. The molecule has 3 rings (SSSR count). The first-order valence-electron chi connectivity index (χ1n) is 20.0. The van der Waals surface area contributed by atoms with E-state index < -0.39 is 22.5 Å². The van der Waals surface area contributed by atoms with Gasteiger partial charge in [0.2, 0.25) is 0 Å². The third-order valence-corrected chi connectivity index (χ3v) is 14.1. The Hall–Kier alpha value is -2.73. The van der Waals surface area contributed by atoms with Crippen LogP contribution in [-0.2, 0) is 8.98 Å². The fourth-order valence-electron chi connectivity index (χ4n) is 7.26. The lowest BCUT2D eigenvalue weighted by Gasteiger charge is -2.48. The third-order valence-electron chi connectivity index (χ3n) is 10.5. The van der Waals surface area contributed by atoms with Crippen molar-refractivity contribution in [1.82, 2.24) is 0 Å². The van der Waals surface area contributed by atoms with Crippen molar-refractivity contribution in [3.8, 4) is 0 Å². The fourth-order valence-corrected chi connectivity index (χ4v) is 12.2. The fraction of sp³-hybridized carbons (Fsp3) is 0.596. The molecule has 0 atom stereocenters. The highest BCUT2D eigenvalue weighted by molar-refractivity contribution is 8.30. The van der Waals surface area contributed by atoms with E-state index in [1.165, 1.54) is 0 Å². The molecule has 3 aromatic carbocycles. The van der Waals surface area contributed by atoms with Gasteiger partial charge in [-0.15, -0.1) is 0 Å². The molecule has 53 heavy (non-hydrogen) atoms. The Morgan fingerprint density at radius 2 is 0.604 bits per heavy atom. The van der Waals surface area contributed by atoms with Crippen molar-refractivity contribution in [3.63, 3.8) is 0 Å². The summed E-state index contributed by atoms with van der Waals surface area (Å²) in [4.78, 5) is 16.4. The van der Waals surface area contributed by atoms with E-state index in [2.05, 4.69) is 161 Å². The molecule has 3 aromatic rings. The normalized spacial score (nSPS) is 13.4. The van der Waals surface area contributed by atoms with Crippen molar-refractivity contribution >= 4 is 16.3 Å². The molecule has 0 saturated carbocycles. The maximum Gasteiger partial charge on any atom is 0.491 e. The van der Waals surface area contributed by atoms with E-state index in [1.807, 2.05) is 0 Å². The SMILES string of the molecule is CC(C)c1cc(C(C)C)c(S(OC(=O)C(F)(F)F)(c2c(C(C)C)cc(C(C)C)cc2C(C)C)c2c(C(C)C)cc(C(C)C)cc2C(C)C)c(C(C)C)c1. The van der Waals surface area contributed by atoms with Crippen LogP contribution in [0.25, 0.3) is 0 Å². The summed E-state index contributed by atoms with van der Waals surface area (Å²) in [6.07, 6.45) is -5.21. The van der Waals surface area contributed by atoms with Gasteiger partial charge < -0.3 is 4.18 Å². The number of hydrogen-bond acceptors (Lipinski definition) is 2. The topological polar surface area (TPSA) is 26.3 Å². The van der Waals surface area contributed by atoms with Crippen molar-refractivity contribution in [2.75, 3.05) is 0 Å². The van der Waals surface area contributed by atoms with Crippen molar-refractivity contribution < 1.29 is 22.1 Å². The summed E-state index contributed by atoms with van der Waals surface area (Å²) in [6.45, 7) is 38.3. The van der Waals surface area contributed by atoms with Crippen LogP contribution in [0.5, 0.6) is 0 Å². The summed E-state index contributed by atoms with van der Waals surface area (Å²) < 4.78 is 52.1. The number of alkyl halides is 3. The highest BCUT2D eigenvalue weighted by Gasteiger charge is 2.52. The minimum atomic E-state index is -5.21. The maximum atomic E-state index is 15.1. The van der Waals surface area contributed by atoms with Gasteiger partial charge in [0.05, 0.1) is 0 Å². The number of rotatable bonds is 13. The first kappa shape index (κ1) is 44.7. The minimum absolute atomic E-state index is 0.0717. The molecule has 296 valence electrons. The standard InChI is InChI=1S/C47H69F3O2S/c1-25(2)34-19-37(28(7)8)43(38(20-34)29(9)10)53(52-46(51)47(48,49)50,44-39(30(11)12)21-35(26(3)4)22-40(44)31(13)14)45-41(32(15)16)23-36(27(5)6)24-42(45)33(17)18/h19-33H,1-18H3. The van der Waals surface area contributed by atoms with Crippen LogP contribution in [-0.4, -0.2) is 12.1 Å². The average molecular weight is 755 g/mol. The van der Waals surface area contributed by atoms with E-state index in [0.717, 1.165) is 64.8 Å². The molecule has 0 saturated heterocycles. The Morgan fingerprint density at radius 1 is 0.415 bits per heavy atom. The first-order valence-corrected chi connectivity index (χ1v) is 21.5. The van der Waals surface area contributed by atoms with Crippen LogP contribution in [0.4, 0.5) is 13.2 Å². The Balaban J connectivity index is 3.13. The first-order chi connectivity index (χ1) is 24.3. The Bertz CT molecular complexity index is 1490. The number of benzene rings is 3. The number of hydrogen-bond donors (Lipinski definition) is 0. The Morgan fingerprint density at radius 3 is 0.736 bits per heavy atom. The second kappa shape index (κ2) is 17.0. The lowest BCUT2D eigenvalue weighted by molar-refractivity contribution is -0.188. The van der Waals surface area contributed by atoms with Gasteiger partial charge in [-0.05, 0) is 114 Å². The second-order valence-corrected chi connectivity index (χ2v) is 20.4.